The summed E-state index contributed by atoms with van der Waals surface area (Å²) in [4.78, 5) is 23.6. The highest BCUT2D eigenvalue weighted by molar-refractivity contribution is 6.03. The lowest BCUT2D eigenvalue weighted by Crippen LogP contribution is -2.13. The predicted molar refractivity (Wildman–Crippen MR) is 86.1 cm³/mol. The summed E-state index contributed by atoms with van der Waals surface area (Å²) in [6.45, 7) is 2.59. The van der Waals surface area contributed by atoms with Crippen molar-refractivity contribution in [1.82, 2.24) is 0 Å². The number of unbranched alkanes of at least 4 members (excludes halogenated alkanes) is 6. The van der Waals surface area contributed by atoms with Gasteiger partial charge in [0, 0.05) is 0 Å². The molecule has 1 aromatic carbocycles. The van der Waals surface area contributed by atoms with Crippen LogP contribution in [-0.4, -0.2) is 25.7 Å². The minimum Gasteiger partial charge on any atom is -0.465 e. The molecule has 0 saturated carbocycles. The van der Waals surface area contributed by atoms with E-state index in [2.05, 4.69) is 11.7 Å². The monoisotopic (exact) mass is 306 g/mol. The van der Waals surface area contributed by atoms with Gasteiger partial charge in [0.05, 0.1) is 24.8 Å². The molecule has 0 unspecified atom stereocenters. The molecular formula is C18H26O4. The number of methoxy groups -OCH3 is 1. The number of rotatable bonds is 10. The minimum absolute atomic E-state index is 0.245. The minimum atomic E-state index is -0.525. The zero-order valence-corrected chi connectivity index (χ0v) is 13.6. The second-order valence-corrected chi connectivity index (χ2v) is 5.29. The van der Waals surface area contributed by atoms with Gasteiger partial charge in [0.1, 0.15) is 0 Å². The number of esters is 2. The molecule has 4 heteroatoms. The first kappa shape index (κ1) is 18.2. The van der Waals surface area contributed by atoms with Crippen molar-refractivity contribution in [2.24, 2.45) is 0 Å². The number of hydrogen-bond acceptors (Lipinski definition) is 4. The molecule has 0 heterocycles. The maximum atomic E-state index is 12.0. The Labute approximate surface area is 132 Å². The van der Waals surface area contributed by atoms with Crippen molar-refractivity contribution in [3.63, 3.8) is 0 Å². The maximum absolute atomic E-state index is 12.0. The van der Waals surface area contributed by atoms with Gasteiger partial charge in [-0.3, -0.25) is 0 Å². The van der Waals surface area contributed by atoms with Crippen molar-refractivity contribution >= 4 is 11.9 Å². The van der Waals surface area contributed by atoms with Gasteiger partial charge in [-0.15, -0.1) is 0 Å². The fourth-order valence-electron chi connectivity index (χ4n) is 2.25. The van der Waals surface area contributed by atoms with E-state index in [9.17, 15) is 9.59 Å². The highest BCUT2D eigenvalue weighted by Gasteiger charge is 2.17. The number of ether oxygens (including phenoxy) is 2. The van der Waals surface area contributed by atoms with Crippen molar-refractivity contribution in [2.75, 3.05) is 13.7 Å². The van der Waals surface area contributed by atoms with Crippen LogP contribution in [0.2, 0.25) is 0 Å². The third-order valence-corrected chi connectivity index (χ3v) is 3.53. The van der Waals surface area contributed by atoms with Crippen LogP contribution in [-0.2, 0) is 9.47 Å². The molecule has 4 nitrogen and oxygen atoms in total. The lowest BCUT2D eigenvalue weighted by atomic mass is 10.1. The summed E-state index contributed by atoms with van der Waals surface area (Å²) in [5.74, 6) is -0.990. The molecule has 0 fully saturated rings. The molecular weight excluding hydrogens is 280 g/mol. The van der Waals surface area contributed by atoms with Gasteiger partial charge < -0.3 is 9.47 Å². The van der Waals surface area contributed by atoms with Crippen LogP contribution in [0.3, 0.4) is 0 Å². The van der Waals surface area contributed by atoms with Gasteiger partial charge in [0.2, 0.25) is 0 Å². The summed E-state index contributed by atoms with van der Waals surface area (Å²) in [5.41, 5.74) is 0.506. The normalized spacial score (nSPS) is 10.3. The molecule has 0 aliphatic heterocycles. The van der Waals surface area contributed by atoms with E-state index in [-0.39, 0.29) is 11.1 Å². The van der Waals surface area contributed by atoms with E-state index in [1.165, 1.54) is 39.2 Å². The molecule has 0 saturated heterocycles. The highest BCUT2D eigenvalue weighted by atomic mass is 16.5. The molecule has 22 heavy (non-hydrogen) atoms. The molecule has 0 aromatic heterocycles. The van der Waals surface area contributed by atoms with Gasteiger partial charge in [0.25, 0.3) is 0 Å². The van der Waals surface area contributed by atoms with Crippen LogP contribution in [0.1, 0.15) is 72.6 Å². The predicted octanol–water partition coefficient (Wildman–Crippen LogP) is 4.38. The van der Waals surface area contributed by atoms with Crippen molar-refractivity contribution in [3.05, 3.63) is 35.4 Å². The largest absolute Gasteiger partial charge is 0.465 e. The zero-order valence-electron chi connectivity index (χ0n) is 13.6. The van der Waals surface area contributed by atoms with Gasteiger partial charge in [-0.25, -0.2) is 9.59 Å². The molecule has 0 N–H and O–H groups in total. The number of hydrogen-bond donors (Lipinski definition) is 0. The summed E-state index contributed by atoms with van der Waals surface area (Å²) in [7, 11) is 1.29. The first-order valence-corrected chi connectivity index (χ1v) is 8.05. The topological polar surface area (TPSA) is 52.6 Å². The van der Waals surface area contributed by atoms with Crippen LogP contribution in [0.25, 0.3) is 0 Å². The fraction of sp³-hybridized carbons (Fsp3) is 0.556. The quantitative estimate of drug-likeness (QED) is 0.475. The van der Waals surface area contributed by atoms with Gasteiger partial charge in [0.15, 0.2) is 0 Å². The summed E-state index contributed by atoms with van der Waals surface area (Å²) < 4.78 is 9.91. The van der Waals surface area contributed by atoms with Crippen LogP contribution >= 0.6 is 0 Å². The zero-order chi connectivity index (χ0) is 16.2. The summed E-state index contributed by atoms with van der Waals surface area (Å²) in [6, 6.07) is 6.55. The molecule has 1 rings (SSSR count). The Morgan fingerprint density at radius 1 is 0.864 bits per heavy atom. The molecule has 0 aliphatic rings. The van der Waals surface area contributed by atoms with Crippen molar-refractivity contribution < 1.29 is 19.1 Å². The Morgan fingerprint density at radius 2 is 1.41 bits per heavy atom. The van der Waals surface area contributed by atoms with Crippen molar-refractivity contribution in [3.8, 4) is 0 Å². The molecule has 122 valence electrons. The molecule has 0 radical (unpaired) electrons. The van der Waals surface area contributed by atoms with Crippen LogP contribution in [0, 0.1) is 0 Å². The third-order valence-electron chi connectivity index (χ3n) is 3.53. The van der Waals surface area contributed by atoms with Gasteiger partial charge in [-0.2, -0.15) is 0 Å². The molecule has 0 bridgehead atoms. The second kappa shape index (κ2) is 10.8. The molecule has 0 atom stereocenters. The van der Waals surface area contributed by atoms with E-state index in [1.54, 1.807) is 24.3 Å². The lowest BCUT2D eigenvalue weighted by molar-refractivity contribution is 0.0480. The standard InChI is InChI=1S/C18H26O4/c1-3-4-5-6-7-8-11-14-22-18(20)16-13-10-9-12-15(16)17(19)21-2/h9-10,12-13H,3-8,11,14H2,1-2H3. The van der Waals surface area contributed by atoms with Gasteiger partial charge >= 0.3 is 11.9 Å². The smallest absolute Gasteiger partial charge is 0.339 e. The Kier molecular flexibility index (Phi) is 8.96. The van der Waals surface area contributed by atoms with Crippen LogP contribution in [0.5, 0.6) is 0 Å². The Balaban J connectivity index is 2.33. The molecule has 0 amide bonds. The Hall–Kier alpha value is -1.84. The number of carbonyl (C=O) groups is 2. The van der Waals surface area contributed by atoms with Gasteiger partial charge in [-0.05, 0) is 18.6 Å². The maximum Gasteiger partial charge on any atom is 0.339 e. The number of carbonyl (C=O) groups excluding carboxylic acids is 2. The Bertz CT molecular complexity index is 468. The third kappa shape index (κ3) is 6.29. The van der Waals surface area contributed by atoms with Crippen LogP contribution in [0.15, 0.2) is 24.3 Å². The summed E-state index contributed by atoms with van der Waals surface area (Å²) in [6.07, 6.45) is 8.16. The summed E-state index contributed by atoms with van der Waals surface area (Å²) >= 11 is 0. The van der Waals surface area contributed by atoms with Crippen molar-refractivity contribution in [2.45, 2.75) is 51.9 Å². The SMILES string of the molecule is CCCCCCCCCOC(=O)c1ccccc1C(=O)OC. The van der Waals surface area contributed by atoms with E-state index in [1.807, 2.05) is 0 Å². The average Bonchev–Trinajstić information content (AvgIpc) is 2.56. The first-order chi connectivity index (χ1) is 10.7. The highest BCUT2D eigenvalue weighted by Crippen LogP contribution is 2.12. The van der Waals surface area contributed by atoms with Crippen LogP contribution < -0.4 is 0 Å². The number of benzene rings is 1. The van der Waals surface area contributed by atoms with E-state index >= 15 is 0 Å². The molecule has 0 spiro atoms. The summed E-state index contributed by atoms with van der Waals surface area (Å²) in [5, 5.41) is 0. The first-order valence-electron chi connectivity index (χ1n) is 8.05. The molecule has 1 aromatic rings. The van der Waals surface area contributed by atoms with Crippen LogP contribution in [0.4, 0.5) is 0 Å². The van der Waals surface area contributed by atoms with E-state index in [0.29, 0.717) is 6.61 Å². The van der Waals surface area contributed by atoms with Gasteiger partial charge in [-0.1, -0.05) is 57.6 Å². The second-order valence-electron chi connectivity index (χ2n) is 5.29. The van der Waals surface area contributed by atoms with E-state index in [0.717, 1.165) is 12.8 Å². The van der Waals surface area contributed by atoms with Crippen molar-refractivity contribution in [1.29, 1.82) is 0 Å². The van der Waals surface area contributed by atoms with E-state index < -0.39 is 11.9 Å². The average molecular weight is 306 g/mol. The molecule has 0 aliphatic carbocycles. The Morgan fingerprint density at radius 3 is 2.00 bits per heavy atom. The lowest BCUT2D eigenvalue weighted by Gasteiger charge is -2.08. The van der Waals surface area contributed by atoms with E-state index in [4.69, 9.17) is 4.74 Å². The fourth-order valence-corrected chi connectivity index (χ4v) is 2.25.